The Morgan fingerprint density at radius 2 is 0.538 bits per heavy atom. The predicted octanol–water partition coefficient (Wildman–Crippen LogP) is 14.6. The lowest BCUT2D eigenvalue weighted by Crippen LogP contribution is -2.14. The molecule has 7 rings (SSSR count). The van der Waals surface area contributed by atoms with Crippen molar-refractivity contribution in [3.8, 4) is 44.5 Å². The molecule has 0 aromatic heterocycles. The Bertz CT molecular complexity index is 2090. The highest BCUT2D eigenvalue weighted by Gasteiger charge is 2.23. The molecule has 0 saturated heterocycles. The topological polar surface area (TPSA) is 3.24 Å². The molecule has 1 heteroatoms. The molecule has 0 N–H and O–H groups in total. The van der Waals surface area contributed by atoms with E-state index in [1.165, 1.54) is 100 Å². The molecule has 0 aliphatic carbocycles. The van der Waals surface area contributed by atoms with Gasteiger partial charge in [0.05, 0.1) is 5.69 Å². The molecular weight excluding hydrogens is 627 g/mol. The number of anilines is 3. The van der Waals surface area contributed by atoms with Crippen LogP contribution in [0.15, 0.2) is 133 Å². The standard InChI is InChI=1S/C51H49N/c1-32-10-18-41(19-11-32)47-28-45(29-48(39(47)8)42-20-12-33(2)13-21-42)52(51-37(6)26-36(5)27-38(51)7)46-30-49(43-22-14-34(3)15-23-43)40(9)50(31-46)44-24-16-35(4)17-25-44/h10-31H,1-9H3. The van der Waals surface area contributed by atoms with E-state index in [1.54, 1.807) is 0 Å². The van der Waals surface area contributed by atoms with Crippen molar-refractivity contribution >= 4 is 17.1 Å². The minimum Gasteiger partial charge on any atom is -0.310 e. The van der Waals surface area contributed by atoms with Gasteiger partial charge in [-0.05, 0) is 153 Å². The highest BCUT2D eigenvalue weighted by Crippen LogP contribution is 2.47. The fraction of sp³-hybridized carbons (Fsp3) is 0.176. The Labute approximate surface area is 311 Å². The van der Waals surface area contributed by atoms with Crippen LogP contribution in [0.4, 0.5) is 17.1 Å². The number of benzene rings is 7. The van der Waals surface area contributed by atoms with Crippen LogP contribution in [0.3, 0.4) is 0 Å². The van der Waals surface area contributed by atoms with Crippen LogP contribution in [-0.4, -0.2) is 0 Å². The first-order chi connectivity index (χ1) is 25.0. The number of nitrogens with zero attached hydrogens (tertiary/aromatic N) is 1. The molecule has 258 valence electrons. The summed E-state index contributed by atoms with van der Waals surface area (Å²) in [5.41, 5.74) is 24.7. The molecule has 0 aliphatic heterocycles. The molecule has 0 unspecified atom stereocenters. The van der Waals surface area contributed by atoms with Crippen molar-refractivity contribution in [3.63, 3.8) is 0 Å². The SMILES string of the molecule is Cc1ccc(-c2cc(N(c3cc(-c4ccc(C)cc4)c(C)c(-c4ccc(C)cc4)c3)c3c(C)cc(C)cc3C)cc(-c3ccc(C)cc3)c2C)cc1. The summed E-state index contributed by atoms with van der Waals surface area (Å²) in [6.45, 7) is 19.9. The Hall–Kier alpha value is -5.66. The summed E-state index contributed by atoms with van der Waals surface area (Å²) >= 11 is 0. The van der Waals surface area contributed by atoms with Crippen molar-refractivity contribution < 1.29 is 0 Å². The smallest absolute Gasteiger partial charge is 0.0520 e. The molecule has 0 amide bonds. The Kier molecular flexibility index (Phi) is 9.47. The van der Waals surface area contributed by atoms with Crippen molar-refractivity contribution in [3.05, 3.63) is 184 Å². The summed E-state index contributed by atoms with van der Waals surface area (Å²) in [5, 5.41) is 0. The molecule has 0 radical (unpaired) electrons. The van der Waals surface area contributed by atoms with Crippen LogP contribution < -0.4 is 4.90 Å². The minimum atomic E-state index is 1.14. The second kappa shape index (κ2) is 14.2. The van der Waals surface area contributed by atoms with Gasteiger partial charge in [-0.3, -0.25) is 0 Å². The Balaban J connectivity index is 1.59. The first-order valence-electron chi connectivity index (χ1n) is 18.4. The lowest BCUT2D eigenvalue weighted by Gasteiger charge is -2.32. The van der Waals surface area contributed by atoms with Gasteiger partial charge in [-0.2, -0.15) is 0 Å². The number of hydrogen-bond acceptors (Lipinski definition) is 1. The zero-order chi connectivity index (χ0) is 36.7. The van der Waals surface area contributed by atoms with Gasteiger partial charge >= 0.3 is 0 Å². The van der Waals surface area contributed by atoms with Gasteiger partial charge in [0.15, 0.2) is 0 Å². The molecule has 0 aliphatic rings. The summed E-state index contributed by atoms with van der Waals surface area (Å²) < 4.78 is 0. The fourth-order valence-electron chi connectivity index (χ4n) is 7.72. The predicted molar refractivity (Wildman–Crippen MR) is 226 cm³/mol. The Morgan fingerprint density at radius 1 is 0.288 bits per heavy atom. The summed E-state index contributed by atoms with van der Waals surface area (Å²) in [5.74, 6) is 0. The van der Waals surface area contributed by atoms with Crippen LogP contribution in [0, 0.1) is 62.3 Å². The number of hydrogen-bond donors (Lipinski definition) is 0. The van der Waals surface area contributed by atoms with E-state index in [4.69, 9.17) is 0 Å². The molecule has 7 aromatic carbocycles. The quantitative estimate of drug-likeness (QED) is 0.163. The van der Waals surface area contributed by atoms with Crippen LogP contribution in [0.5, 0.6) is 0 Å². The maximum Gasteiger partial charge on any atom is 0.0520 e. The minimum absolute atomic E-state index is 1.14. The van der Waals surface area contributed by atoms with Crippen molar-refractivity contribution in [2.24, 2.45) is 0 Å². The lowest BCUT2D eigenvalue weighted by molar-refractivity contribution is 1.20. The zero-order valence-electron chi connectivity index (χ0n) is 32.1. The maximum absolute atomic E-state index is 2.52. The molecular formula is C51H49N. The Morgan fingerprint density at radius 3 is 0.788 bits per heavy atom. The number of rotatable bonds is 7. The third kappa shape index (κ3) is 6.84. The molecule has 0 fully saturated rings. The van der Waals surface area contributed by atoms with Gasteiger partial charge < -0.3 is 4.90 Å². The van der Waals surface area contributed by atoms with E-state index in [-0.39, 0.29) is 0 Å². The van der Waals surface area contributed by atoms with Gasteiger partial charge in [0, 0.05) is 11.4 Å². The van der Waals surface area contributed by atoms with Crippen LogP contribution in [0.1, 0.15) is 50.1 Å². The first kappa shape index (κ1) is 34.8. The monoisotopic (exact) mass is 675 g/mol. The van der Waals surface area contributed by atoms with Crippen molar-refractivity contribution in [2.45, 2.75) is 62.3 Å². The third-order valence-corrected chi connectivity index (χ3v) is 10.6. The van der Waals surface area contributed by atoms with Gasteiger partial charge in [0.1, 0.15) is 0 Å². The van der Waals surface area contributed by atoms with E-state index in [1.807, 2.05) is 0 Å². The molecule has 0 bridgehead atoms. The normalized spacial score (nSPS) is 11.2. The van der Waals surface area contributed by atoms with Crippen LogP contribution in [-0.2, 0) is 0 Å². The second-order valence-corrected chi connectivity index (χ2v) is 14.9. The summed E-state index contributed by atoms with van der Waals surface area (Å²) in [7, 11) is 0. The van der Waals surface area contributed by atoms with E-state index in [9.17, 15) is 0 Å². The highest BCUT2D eigenvalue weighted by molar-refractivity contribution is 5.92. The van der Waals surface area contributed by atoms with Gasteiger partial charge in [0.2, 0.25) is 0 Å². The van der Waals surface area contributed by atoms with Crippen LogP contribution >= 0.6 is 0 Å². The summed E-state index contributed by atoms with van der Waals surface area (Å²) in [6.07, 6.45) is 0. The van der Waals surface area contributed by atoms with Crippen molar-refractivity contribution in [1.82, 2.24) is 0 Å². The average Bonchev–Trinajstić information content (AvgIpc) is 3.12. The van der Waals surface area contributed by atoms with Gasteiger partial charge in [-0.25, -0.2) is 0 Å². The molecule has 52 heavy (non-hydrogen) atoms. The average molecular weight is 676 g/mol. The van der Waals surface area contributed by atoms with Gasteiger partial charge in [-0.1, -0.05) is 137 Å². The molecule has 1 nitrogen and oxygen atoms in total. The maximum atomic E-state index is 2.52. The lowest BCUT2D eigenvalue weighted by atomic mass is 9.89. The summed E-state index contributed by atoms with van der Waals surface area (Å²) in [6, 6.07) is 50.2. The van der Waals surface area contributed by atoms with E-state index in [0.717, 1.165) is 11.4 Å². The fourth-order valence-corrected chi connectivity index (χ4v) is 7.72. The van der Waals surface area contributed by atoms with Crippen LogP contribution in [0.25, 0.3) is 44.5 Å². The van der Waals surface area contributed by atoms with Gasteiger partial charge in [-0.15, -0.1) is 0 Å². The first-order valence-corrected chi connectivity index (χ1v) is 18.4. The number of aryl methyl sites for hydroxylation is 7. The zero-order valence-corrected chi connectivity index (χ0v) is 32.1. The molecule has 0 heterocycles. The molecule has 0 atom stereocenters. The molecule has 7 aromatic rings. The molecule has 0 saturated carbocycles. The van der Waals surface area contributed by atoms with Crippen molar-refractivity contribution in [1.29, 1.82) is 0 Å². The van der Waals surface area contributed by atoms with E-state index in [2.05, 4.69) is 201 Å². The largest absolute Gasteiger partial charge is 0.310 e. The van der Waals surface area contributed by atoms with E-state index >= 15 is 0 Å². The van der Waals surface area contributed by atoms with Crippen molar-refractivity contribution in [2.75, 3.05) is 4.90 Å². The van der Waals surface area contributed by atoms with E-state index in [0.29, 0.717) is 0 Å². The molecule has 0 spiro atoms. The highest BCUT2D eigenvalue weighted by atomic mass is 15.1. The van der Waals surface area contributed by atoms with E-state index < -0.39 is 0 Å². The second-order valence-electron chi connectivity index (χ2n) is 14.9. The van der Waals surface area contributed by atoms with Gasteiger partial charge in [0.25, 0.3) is 0 Å². The van der Waals surface area contributed by atoms with Crippen LogP contribution in [0.2, 0.25) is 0 Å². The third-order valence-electron chi connectivity index (χ3n) is 10.6. The summed E-state index contributed by atoms with van der Waals surface area (Å²) in [4.78, 5) is 2.52.